The van der Waals surface area contributed by atoms with Crippen molar-refractivity contribution in [2.24, 2.45) is 11.8 Å². The first-order chi connectivity index (χ1) is 15.4. The van der Waals surface area contributed by atoms with Crippen molar-refractivity contribution in [1.29, 1.82) is 0 Å². The van der Waals surface area contributed by atoms with Crippen LogP contribution in [0.4, 0.5) is 5.69 Å². The summed E-state index contributed by atoms with van der Waals surface area (Å²) >= 11 is 6.33. The Labute approximate surface area is 192 Å². The molecule has 32 heavy (non-hydrogen) atoms. The fourth-order valence-electron chi connectivity index (χ4n) is 5.71. The fourth-order valence-corrected chi connectivity index (χ4v) is 5.98. The summed E-state index contributed by atoms with van der Waals surface area (Å²) in [6.07, 6.45) is 2.84. The van der Waals surface area contributed by atoms with Crippen LogP contribution in [0, 0.1) is 18.8 Å². The number of benzene rings is 1. The number of likely N-dealkylation sites (tertiary alicyclic amines) is 1. The Hall–Kier alpha value is -2.16. The molecule has 3 amide bonds. The van der Waals surface area contributed by atoms with Gasteiger partial charge in [-0.2, -0.15) is 0 Å². The lowest BCUT2D eigenvalue weighted by atomic mass is 9.70. The van der Waals surface area contributed by atoms with Crippen LogP contribution in [-0.4, -0.2) is 65.7 Å². The Morgan fingerprint density at radius 2 is 2.06 bits per heavy atom. The summed E-state index contributed by atoms with van der Waals surface area (Å²) in [6, 6.07) is 4.53. The second kappa shape index (κ2) is 9.00. The Balaban J connectivity index is 1.67. The van der Waals surface area contributed by atoms with Crippen LogP contribution in [0.15, 0.2) is 18.2 Å². The van der Waals surface area contributed by atoms with E-state index < -0.39 is 23.5 Å². The highest BCUT2D eigenvalue weighted by Gasteiger charge is 2.74. The molecule has 3 aliphatic heterocycles. The number of fused-ring (bicyclic) bond motifs is 1. The zero-order valence-electron chi connectivity index (χ0n) is 18.4. The average molecular weight is 464 g/mol. The highest BCUT2D eigenvalue weighted by molar-refractivity contribution is 6.34. The number of nitrogens with one attached hydrogen (secondary N) is 2. The number of aliphatic hydroxyl groups is 1. The van der Waals surface area contributed by atoms with E-state index in [1.807, 2.05) is 19.1 Å². The van der Waals surface area contributed by atoms with Crippen LogP contribution in [0.5, 0.6) is 0 Å². The van der Waals surface area contributed by atoms with Gasteiger partial charge in [0.1, 0.15) is 11.6 Å². The quantitative estimate of drug-likeness (QED) is 0.510. The highest BCUT2D eigenvalue weighted by Crippen LogP contribution is 2.58. The number of aliphatic hydroxyl groups excluding tert-OH is 1. The molecule has 8 nitrogen and oxygen atoms in total. The largest absolute Gasteiger partial charge is 0.396 e. The summed E-state index contributed by atoms with van der Waals surface area (Å²) in [5, 5.41) is 15.1. The van der Waals surface area contributed by atoms with Crippen LogP contribution in [-0.2, 0) is 19.1 Å². The number of anilines is 1. The number of nitrogens with zero attached hydrogens (tertiary/aromatic N) is 1. The fraction of sp³-hybridized carbons (Fsp3) is 0.609. The lowest BCUT2D eigenvalue weighted by molar-refractivity contribution is -0.140. The summed E-state index contributed by atoms with van der Waals surface area (Å²) in [5.74, 6) is -2.06. The van der Waals surface area contributed by atoms with Gasteiger partial charge in [0.25, 0.3) is 0 Å². The Kier molecular flexibility index (Phi) is 6.47. The molecule has 1 aromatic carbocycles. The molecule has 2 unspecified atom stereocenters. The molecular formula is C23H30ClN3O5. The second-order valence-electron chi connectivity index (χ2n) is 8.91. The number of ether oxygens (including phenoxy) is 1. The van der Waals surface area contributed by atoms with Crippen molar-refractivity contribution < 1.29 is 24.2 Å². The minimum Gasteiger partial charge on any atom is -0.396 e. The van der Waals surface area contributed by atoms with Crippen LogP contribution in [0.3, 0.4) is 0 Å². The molecule has 9 heteroatoms. The molecule has 3 aliphatic rings. The number of hydrogen-bond acceptors (Lipinski definition) is 5. The van der Waals surface area contributed by atoms with Crippen molar-refractivity contribution in [2.75, 3.05) is 25.5 Å². The summed E-state index contributed by atoms with van der Waals surface area (Å²) in [7, 11) is 1.55. The first-order valence-electron chi connectivity index (χ1n) is 11.2. The maximum atomic E-state index is 13.7. The van der Waals surface area contributed by atoms with Crippen molar-refractivity contribution >= 4 is 35.0 Å². The average Bonchev–Trinajstić information content (AvgIpc) is 3.41. The molecule has 0 radical (unpaired) electrons. The Bertz CT molecular complexity index is 905. The van der Waals surface area contributed by atoms with Gasteiger partial charge in [0.15, 0.2) is 0 Å². The number of amides is 3. The van der Waals surface area contributed by atoms with E-state index in [-0.39, 0.29) is 30.4 Å². The lowest BCUT2D eigenvalue weighted by Gasteiger charge is -2.33. The van der Waals surface area contributed by atoms with Gasteiger partial charge in [-0.25, -0.2) is 0 Å². The molecule has 1 spiro atoms. The van der Waals surface area contributed by atoms with E-state index in [0.29, 0.717) is 42.9 Å². The van der Waals surface area contributed by atoms with Crippen LogP contribution in [0.1, 0.15) is 37.7 Å². The summed E-state index contributed by atoms with van der Waals surface area (Å²) in [5.41, 5.74) is 0.315. The molecule has 5 atom stereocenters. The van der Waals surface area contributed by atoms with E-state index in [4.69, 9.17) is 21.4 Å². The first-order valence-corrected chi connectivity index (χ1v) is 11.6. The third-order valence-electron chi connectivity index (χ3n) is 7.12. The molecule has 0 aliphatic carbocycles. The molecule has 0 aromatic heterocycles. The predicted molar refractivity (Wildman–Crippen MR) is 119 cm³/mol. The monoisotopic (exact) mass is 463 g/mol. The van der Waals surface area contributed by atoms with Crippen molar-refractivity contribution in [1.82, 2.24) is 10.2 Å². The van der Waals surface area contributed by atoms with E-state index in [9.17, 15) is 14.4 Å². The van der Waals surface area contributed by atoms with Gasteiger partial charge in [0.2, 0.25) is 17.7 Å². The number of carbonyl (C=O) groups excluding carboxylic acids is 3. The molecule has 3 heterocycles. The van der Waals surface area contributed by atoms with Gasteiger partial charge >= 0.3 is 0 Å². The zero-order valence-corrected chi connectivity index (χ0v) is 19.2. The van der Waals surface area contributed by atoms with Crippen molar-refractivity contribution in [3.8, 4) is 0 Å². The van der Waals surface area contributed by atoms with E-state index in [2.05, 4.69) is 10.6 Å². The van der Waals surface area contributed by atoms with E-state index in [0.717, 1.165) is 12.0 Å². The van der Waals surface area contributed by atoms with Gasteiger partial charge in [-0.15, -0.1) is 0 Å². The van der Waals surface area contributed by atoms with E-state index in [1.165, 1.54) is 0 Å². The van der Waals surface area contributed by atoms with E-state index >= 15 is 0 Å². The van der Waals surface area contributed by atoms with Crippen LogP contribution < -0.4 is 10.6 Å². The molecule has 1 aromatic rings. The maximum Gasteiger partial charge on any atom is 0.250 e. The van der Waals surface area contributed by atoms with E-state index in [1.54, 1.807) is 18.0 Å². The lowest BCUT2D eigenvalue weighted by Crippen LogP contribution is -2.53. The van der Waals surface area contributed by atoms with Gasteiger partial charge in [0.05, 0.1) is 28.6 Å². The molecule has 3 N–H and O–H groups in total. The number of aryl methyl sites for hydroxylation is 1. The molecule has 3 saturated heterocycles. The third-order valence-corrected chi connectivity index (χ3v) is 7.44. The Morgan fingerprint density at radius 1 is 1.28 bits per heavy atom. The van der Waals surface area contributed by atoms with Crippen molar-refractivity contribution in [3.63, 3.8) is 0 Å². The van der Waals surface area contributed by atoms with Gasteiger partial charge < -0.3 is 25.4 Å². The zero-order chi connectivity index (χ0) is 23.0. The minimum atomic E-state index is -1.02. The summed E-state index contributed by atoms with van der Waals surface area (Å²) < 4.78 is 6.32. The van der Waals surface area contributed by atoms with Crippen molar-refractivity contribution in [2.45, 2.75) is 56.8 Å². The van der Waals surface area contributed by atoms with Crippen LogP contribution in [0.2, 0.25) is 5.02 Å². The van der Waals surface area contributed by atoms with Gasteiger partial charge in [-0.05, 0) is 50.7 Å². The summed E-state index contributed by atoms with van der Waals surface area (Å²) in [6.45, 7) is 2.30. The molecule has 4 rings (SSSR count). The highest BCUT2D eigenvalue weighted by atomic mass is 35.5. The topological polar surface area (TPSA) is 108 Å². The molecule has 2 bridgehead atoms. The molecular weight excluding hydrogens is 434 g/mol. The second-order valence-corrected chi connectivity index (χ2v) is 9.31. The van der Waals surface area contributed by atoms with Crippen LogP contribution in [0.25, 0.3) is 0 Å². The standard InChI is InChI=1S/C23H30ClN3O5/c1-13-7-6-8-14(24)18(13)26-21(30)19-23-10-9-15(32-23)16(20(29)25-2)17(23)22(31)27(19)11-4-3-5-12-28/h6-8,15-17,19,28H,3-5,9-12H2,1-2H3,(H,25,29)(H,26,30)/t15-,16+,17+,19?,23?/m1/s1. The molecule has 3 fully saturated rings. The minimum absolute atomic E-state index is 0.0831. The number of halogens is 1. The number of carbonyl (C=O) groups is 3. The molecule has 0 saturated carbocycles. The van der Waals surface area contributed by atoms with Crippen molar-refractivity contribution in [3.05, 3.63) is 28.8 Å². The van der Waals surface area contributed by atoms with Gasteiger partial charge in [-0.3, -0.25) is 14.4 Å². The summed E-state index contributed by atoms with van der Waals surface area (Å²) in [4.78, 5) is 41.5. The smallest absolute Gasteiger partial charge is 0.250 e. The van der Waals surface area contributed by atoms with Gasteiger partial charge in [0, 0.05) is 20.2 Å². The van der Waals surface area contributed by atoms with Gasteiger partial charge in [-0.1, -0.05) is 23.7 Å². The number of rotatable bonds is 8. The normalized spacial score (nSPS) is 30.5. The predicted octanol–water partition coefficient (Wildman–Crippen LogP) is 1.87. The van der Waals surface area contributed by atoms with Crippen LogP contribution >= 0.6 is 11.6 Å². The Morgan fingerprint density at radius 3 is 2.75 bits per heavy atom. The first kappa shape index (κ1) is 23.0. The number of unbranched alkanes of at least 4 members (excludes halogenated alkanes) is 2. The third kappa shape index (κ3) is 3.58. The SMILES string of the molecule is CNC(=O)[C@@H]1[C@H]2C(=O)N(CCCCCO)C(C(=O)Nc3c(C)cccc3Cl)C23CC[C@H]1O3. The molecule has 174 valence electrons. The number of para-hydroxylation sites is 1. The number of hydrogen-bond donors (Lipinski definition) is 3. The maximum absolute atomic E-state index is 13.7.